The smallest absolute Gasteiger partial charge is 0.145 e. The van der Waals surface area contributed by atoms with Crippen molar-refractivity contribution in [1.82, 2.24) is 0 Å². The molecule has 0 unspecified atom stereocenters. The molecule has 0 bridgehead atoms. The maximum Gasteiger partial charge on any atom is 0.145 e. The number of rotatable bonds is 3. The average molecular weight is 208 g/mol. The minimum absolute atomic E-state index is 0.169. The summed E-state index contributed by atoms with van der Waals surface area (Å²) < 4.78 is 10.7. The van der Waals surface area contributed by atoms with Crippen molar-refractivity contribution in [2.45, 2.75) is 25.6 Å². The number of aliphatic hydroxyl groups is 1. The van der Waals surface area contributed by atoms with Gasteiger partial charge in [0.25, 0.3) is 0 Å². The second-order valence-corrected chi connectivity index (χ2v) is 4.36. The van der Waals surface area contributed by atoms with Gasteiger partial charge in [-0.15, -0.1) is 0 Å². The van der Waals surface area contributed by atoms with Gasteiger partial charge in [-0.1, -0.05) is 12.1 Å². The van der Waals surface area contributed by atoms with Crippen molar-refractivity contribution < 1.29 is 14.6 Å². The number of hydrogen-bond donors (Lipinski definition) is 1. The SMILES string of the molecule is CC(C)(O)c1cccc(OC2COC2)c1. The molecule has 1 aliphatic heterocycles. The first kappa shape index (κ1) is 10.5. The lowest BCUT2D eigenvalue weighted by atomic mass is 9.98. The van der Waals surface area contributed by atoms with Crippen LogP contribution in [0.1, 0.15) is 19.4 Å². The first-order chi connectivity index (χ1) is 7.05. The standard InChI is InChI=1S/C12H16O3/c1-12(2,13)9-4-3-5-10(6-9)15-11-7-14-8-11/h3-6,11,13H,7-8H2,1-2H3. The van der Waals surface area contributed by atoms with Crippen LogP contribution in [0.15, 0.2) is 24.3 Å². The Hall–Kier alpha value is -1.06. The summed E-state index contributed by atoms with van der Waals surface area (Å²) in [6, 6.07) is 7.55. The molecule has 0 aromatic heterocycles. The van der Waals surface area contributed by atoms with Crippen molar-refractivity contribution in [2.24, 2.45) is 0 Å². The summed E-state index contributed by atoms with van der Waals surface area (Å²) in [5.74, 6) is 0.794. The molecule has 1 aliphatic rings. The molecule has 1 heterocycles. The number of ether oxygens (including phenoxy) is 2. The van der Waals surface area contributed by atoms with Crippen LogP contribution in [-0.2, 0) is 10.3 Å². The molecule has 0 spiro atoms. The van der Waals surface area contributed by atoms with Crippen molar-refractivity contribution in [3.63, 3.8) is 0 Å². The molecule has 3 nitrogen and oxygen atoms in total. The van der Waals surface area contributed by atoms with Crippen LogP contribution in [0.4, 0.5) is 0 Å². The van der Waals surface area contributed by atoms with E-state index in [0.717, 1.165) is 11.3 Å². The van der Waals surface area contributed by atoms with Gasteiger partial charge < -0.3 is 14.6 Å². The summed E-state index contributed by atoms with van der Waals surface area (Å²) in [6.45, 7) is 4.84. The van der Waals surface area contributed by atoms with Crippen LogP contribution >= 0.6 is 0 Å². The van der Waals surface area contributed by atoms with Gasteiger partial charge in [0.05, 0.1) is 18.8 Å². The van der Waals surface area contributed by atoms with E-state index in [-0.39, 0.29) is 6.10 Å². The fraction of sp³-hybridized carbons (Fsp3) is 0.500. The summed E-state index contributed by atoms with van der Waals surface area (Å²) >= 11 is 0. The summed E-state index contributed by atoms with van der Waals surface area (Å²) in [5, 5.41) is 9.84. The van der Waals surface area contributed by atoms with E-state index >= 15 is 0 Å². The molecule has 82 valence electrons. The molecule has 0 radical (unpaired) electrons. The Morgan fingerprint density at radius 2 is 2.13 bits per heavy atom. The monoisotopic (exact) mass is 208 g/mol. The third kappa shape index (κ3) is 2.49. The van der Waals surface area contributed by atoms with E-state index in [9.17, 15) is 5.11 Å². The predicted octanol–water partition coefficient (Wildman–Crippen LogP) is 1.69. The van der Waals surface area contributed by atoms with Crippen LogP contribution in [-0.4, -0.2) is 24.4 Å². The number of benzene rings is 1. The van der Waals surface area contributed by atoms with Crippen molar-refractivity contribution in [1.29, 1.82) is 0 Å². The molecule has 0 saturated carbocycles. The fourth-order valence-electron chi connectivity index (χ4n) is 1.42. The molecule has 15 heavy (non-hydrogen) atoms. The Kier molecular flexibility index (Phi) is 2.67. The van der Waals surface area contributed by atoms with Gasteiger partial charge in [-0.2, -0.15) is 0 Å². The maximum atomic E-state index is 9.84. The van der Waals surface area contributed by atoms with E-state index in [2.05, 4.69) is 0 Å². The van der Waals surface area contributed by atoms with Crippen molar-refractivity contribution >= 4 is 0 Å². The van der Waals surface area contributed by atoms with Crippen LogP contribution < -0.4 is 4.74 Å². The first-order valence-electron chi connectivity index (χ1n) is 5.13. The highest BCUT2D eigenvalue weighted by atomic mass is 16.6. The molecular formula is C12H16O3. The second-order valence-electron chi connectivity index (χ2n) is 4.36. The minimum atomic E-state index is -0.824. The highest BCUT2D eigenvalue weighted by Crippen LogP contribution is 2.24. The van der Waals surface area contributed by atoms with Crippen LogP contribution in [0.3, 0.4) is 0 Å². The van der Waals surface area contributed by atoms with Crippen LogP contribution in [0.25, 0.3) is 0 Å². The van der Waals surface area contributed by atoms with Gasteiger partial charge in [-0.25, -0.2) is 0 Å². The van der Waals surface area contributed by atoms with Crippen molar-refractivity contribution in [3.05, 3.63) is 29.8 Å². The van der Waals surface area contributed by atoms with Gasteiger partial charge in [0, 0.05) is 0 Å². The lowest BCUT2D eigenvalue weighted by Crippen LogP contribution is -2.38. The Bertz CT molecular complexity index is 337. The molecule has 2 rings (SSSR count). The highest BCUT2D eigenvalue weighted by Gasteiger charge is 2.21. The Morgan fingerprint density at radius 1 is 1.40 bits per heavy atom. The number of hydrogen-bond acceptors (Lipinski definition) is 3. The first-order valence-corrected chi connectivity index (χ1v) is 5.13. The molecule has 0 amide bonds. The van der Waals surface area contributed by atoms with E-state index < -0.39 is 5.60 Å². The maximum absolute atomic E-state index is 9.84. The molecule has 1 aromatic carbocycles. The second kappa shape index (κ2) is 3.83. The lowest BCUT2D eigenvalue weighted by Gasteiger charge is -2.27. The zero-order valence-corrected chi connectivity index (χ0v) is 9.06. The average Bonchev–Trinajstić information content (AvgIpc) is 2.11. The van der Waals surface area contributed by atoms with Gasteiger partial charge in [-0.05, 0) is 31.5 Å². The van der Waals surface area contributed by atoms with Crippen LogP contribution in [0.5, 0.6) is 5.75 Å². The third-order valence-corrected chi connectivity index (χ3v) is 2.45. The molecule has 0 atom stereocenters. The zero-order chi connectivity index (χ0) is 10.9. The van der Waals surface area contributed by atoms with Crippen molar-refractivity contribution in [3.8, 4) is 5.75 Å². The molecule has 0 aliphatic carbocycles. The Balaban J connectivity index is 2.11. The molecule has 1 N–H and O–H groups in total. The van der Waals surface area contributed by atoms with Crippen LogP contribution in [0.2, 0.25) is 0 Å². The summed E-state index contributed by atoms with van der Waals surface area (Å²) in [4.78, 5) is 0. The molecule has 1 aromatic rings. The molecule has 1 saturated heterocycles. The molecular weight excluding hydrogens is 192 g/mol. The van der Waals surface area contributed by atoms with E-state index in [1.54, 1.807) is 13.8 Å². The predicted molar refractivity (Wildman–Crippen MR) is 56.9 cm³/mol. The van der Waals surface area contributed by atoms with Gasteiger partial charge in [-0.3, -0.25) is 0 Å². The summed E-state index contributed by atoms with van der Waals surface area (Å²) in [6.07, 6.45) is 0.169. The topological polar surface area (TPSA) is 38.7 Å². The summed E-state index contributed by atoms with van der Waals surface area (Å²) in [7, 11) is 0. The lowest BCUT2D eigenvalue weighted by molar-refractivity contribution is -0.0797. The van der Waals surface area contributed by atoms with Gasteiger partial charge in [0.1, 0.15) is 11.9 Å². The van der Waals surface area contributed by atoms with Gasteiger partial charge >= 0.3 is 0 Å². The van der Waals surface area contributed by atoms with E-state index in [0.29, 0.717) is 13.2 Å². The normalized spacial score (nSPS) is 17.3. The third-order valence-electron chi connectivity index (χ3n) is 2.45. The minimum Gasteiger partial charge on any atom is -0.486 e. The largest absolute Gasteiger partial charge is 0.486 e. The van der Waals surface area contributed by atoms with E-state index in [1.807, 2.05) is 24.3 Å². The van der Waals surface area contributed by atoms with E-state index in [1.165, 1.54) is 0 Å². The molecule has 3 heteroatoms. The fourth-order valence-corrected chi connectivity index (χ4v) is 1.42. The van der Waals surface area contributed by atoms with Crippen molar-refractivity contribution in [2.75, 3.05) is 13.2 Å². The Labute approximate surface area is 89.6 Å². The zero-order valence-electron chi connectivity index (χ0n) is 9.06. The quantitative estimate of drug-likeness (QED) is 0.821. The van der Waals surface area contributed by atoms with Gasteiger partial charge in [0.2, 0.25) is 0 Å². The van der Waals surface area contributed by atoms with Crippen LogP contribution in [0, 0.1) is 0 Å². The van der Waals surface area contributed by atoms with E-state index in [4.69, 9.17) is 9.47 Å². The highest BCUT2D eigenvalue weighted by molar-refractivity contribution is 5.31. The Morgan fingerprint density at radius 3 is 2.67 bits per heavy atom. The molecule has 1 fully saturated rings. The van der Waals surface area contributed by atoms with Gasteiger partial charge in [0.15, 0.2) is 0 Å². The summed E-state index contributed by atoms with van der Waals surface area (Å²) in [5.41, 5.74) is 0.0374.